The average molecular weight is 280 g/mol. The molecule has 6 nitrogen and oxygen atoms in total. The van der Waals surface area contributed by atoms with Crippen molar-refractivity contribution in [3.63, 3.8) is 0 Å². The molecule has 0 amide bonds. The summed E-state index contributed by atoms with van der Waals surface area (Å²) in [6.07, 6.45) is 0. The molecule has 0 aliphatic carbocycles. The highest BCUT2D eigenvalue weighted by Gasteiger charge is 2.21. The van der Waals surface area contributed by atoms with Crippen LogP contribution in [0.5, 0.6) is 28.7 Å². The minimum Gasteiger partial charge on any atom is -0.504 e. The van der Waals surface area contributed by atoms with E-state index >= 15 is 0 Å². The fourth-order valence-corrected chi connectivity index (χ4v) is 1.63. The van der Waals surface area contributed by atoms with E-state index in [0.29, 0.717) is 0 Å². The number of carbonyl (C=O) groups is 1. The minimum atomic E-state index is -1.10. The molecule has 0 fully saturated rings. The summed E-state index contributed by atoms with van der Waals surface area (Å²) in [6, 6.07) is 3.44. The van der Waals surface area contributed by atoms with E-state index in [1.807, 2.05) is 0 Å². The van der Waals surface area contributed by atoms with Crippen LogP contribution < -0.4 is 0 Å². The Hall–Kier alpha value is -2.96. The number of hydrogen-bond acceptors (Lipinski definition) is 6. The van der Waals surface area contributed by atoms with Gasteiger partial charge in [0.05, 0.1) is 5.56 Å². The molecule has 0 aromatic heterocycles. The van der Waals surface area contributed by atoms with Crippen molar-refractivity contribution >= 4 is 5.78 Å². The first-order chi connectivity index (χ1) is 9.32. The van der Waals surface area contributed by atoms with E-state index in [1.54, 1.807) is 0 Å². The summed E-state index contributed by atoms with van der Waals surface area (Å²) in [5.74, 6) is -6.30. The second kappa shape index (κ2) is 4.61. The van der Waals surface area contributed by atoms with E-state index in [-0.39, 0.29) is 5.56 Å². The predicted octanol–water partition coefficient (Wildman–Crippen LogP) is 1.58. The van der Waals surface area contributed by atoms with Gasteiger partial charge in [-0.2, -0.15) is 0 Å². The highest BCUT2D eigenvalue weighted by molar-refractivity contribution is 6.11. The van der Waals surface area contributed by atoms with Crippen LogP contribution >= 0.6 is 0 Å². The Bertz CT molecular complexity index is 687. The van der Waals surface area contributed by atoms with Gasteiger partial charge in [0.1, 0.15) is 0 Å². The number of aromatic hydroxyl groups is 5. The van der Waals surface area contributed by atoms with Crippen LogP contribution in [0.15, 0.2) is 24.3 Å². The quantitative estimate of drug-likeness (QED) is 0.421. The monoisotopic (exact) mass is 280 g/mol. The van der Waals surface area contributed by atoms with Crippen molar-refractivity contribution in [1.82, 2.24) is 0 Å². The third-order valence-electron chi connectivity index (χ3n) is 2.68. The first kappa shape index (κ1) is 13.5. The second-order valence-corrected chi connectivity index (χ2v) is 3.98. The lowest BCUT2D eigenvalue weighted by Gasteiger charge is -2.08. The Labute approximate surface area is 111 Å². The molecule has 0 aliphatic heterocycles. The number of hydrogen-bond donors (Lipinski definition) is 5. The standard InChI is InChI=1S/C13H9FO6/c14-7-2-1-6(11(18)12(7)19)10(17)5-3-8(15)13(20)9(16)4-5/h1-4,15-16,18-20H. The molecular weight excluding hydrogens is 271 g/mol. The first-order valence-corrected chi connectivity index (χ1v) is 5.33. The molecule has 0 radical (unpaired) electrons. The number of phenolic OH excluding ortho intramolecular Hbond substituents is 5. The molecule has 5 N–H and O–H groups in total. The van der Waals surface area contributed by atoms with Crippen LogP contribution in [0, 0.1) is 5.82 Å². The molecule has 0 saturated heterocycles. The Morgan fingerprint density at radius 1 is 0.850 bits per heavy atom. The van der Waals surface area contributed by atoms with Crippen LogP contribution in [-0.2, 0) is 0 Å². The molecule has 20 heavy (non-hydrogen) atoms. The lowest BCUT2D eigenvalue weighted by atomic mass is 10.0. The van der Waals surface area contributed by atoms with Crippen LogP contribution in [0.4, 0.5) is 4.39 Å². The van der Waals surface area contributed by atoms with E-state index < -0.39 is 45.9 Å². The summed E-state index contributed by atoms with van der Waals surface area (Å²) < 4.78 is 13.0. The van der Waals surface area contributed by atoms with Crippen molar-refractivity contribution < 1.29 is 34.7 Å². The van der Waals surface area contributed by atoms with Gasteiger partial charge in [-0.1, -0.05) is 0 Å². The predicted molar refractivity (Wildman–Crippen MR) is 64.6 cm³/mol. The van der Waals surface area contributed by atoms with Gasteiger partial charge in [-0.15, -0.1) is 0 Å². The van der Waals surface area contributed by atoms with Crippen molar-refractivity contribution in [2.75, 3.05) is 0 Å². The summed E-state index contributed by atoms with van der Waals surface area (Å²) in [7, 11) is 0. The van der Waals surface area contributed by atoms with Crippen LogP contribution in [0.25, 0.3) is 0 Å². The maximum Gasteiger partial charge on any atom is 0.200 e. The van der Waals surface area contributed by atoms with Crippen LogP contribution in [-0.4, -0.2) is 31.3 Å². The third kappa shape index (κ3) is 2.05. The van der Waals surface area contributed by atoms with E-state index in [2.05, 4.69) is 0 Å². The summed E-state index contributed by atoms with van der Waals surface area (Å²) in [5.41, 5.74) is -0.688. The molecule has 104 valence electrons. The van der Waals surface area contributed by atoms with Crippen molar-refractivity contribution in [3.05, 3.63) is 41.2 Å². The van der Waals surface area contributed by atoms with E-state index in [1.165, 1.54) is 0 Å². The van der Waals surface area contributed by atoms with Crippen LogP contribution in [0.1, 0.15) is 15.9 Å². The second-order valence-electron chi connectivity index (χ2n) is 3.98. The summed E-state index contributed by atoms with van der Waals surface area (Å²) >= 11 is 0. The van der Waals surface area contributed by atoms with Crippen molar-refractivity contribution in [1.29, 1.82) is 0 Å². The highest BCUT2D eigenvalue weighted by atomic mass is 19.1. The topological polar surface area (TPSA) is 118 Å². The molecule has 2 aromatic rings. The molecule has 0 atom stereocenters. The fraction of sp³-hybridized carbons (Fsp3) is 0. The number of rotatable bonds is 2. The van der Waals surface area contributed by atoms with Crippen molar-refractivity contribution in [3.8, 4) is 28.7 Å². The Kier molecular flexibility index (Phi) is 3.11. The van der Waals surface area contributed by atoms with E-state index in [9.17, 15) is 29.6 Å². The zero-order valence-corrected chi connectivity index (χ0v) is 9.83. The van der Waals surface area contributed by atoms with Crippen LogP contribution in [0.2, 0.25) is 0 Å². The maximum absolute atomic E-state index is 13.0. The SMILES string of the molecule is O=C(c1cc(O)c(O)c(O)c1)c1ccc(F)c(O)c1O. The number of carbonyl (C=O) groups excluding carboxylic acids is 1. The van der Waals surface area contributed by atoms with Gasteiger partial charge in [-0.3, -0.25) is 4.79 Å². The zero-order chi connectivity index (χ0) is 15.0. The van der Waals surface area contributed by atoms with Gasteiger partial charge in [0, 0.05) is 5.56 Å². The molecule has 2 rings (SSSR count). The number of ketones is 1. The van der Waals surface area contributed by atoms with Gasteiger partial charge < -0.3 is 25.5 Å². The lowest BCUT2D eigenvalue weighted by molar-refractivity contribution is 0.103. The Balaban J connectivity index is 2.55. The fourth-order valence-electron chi connectivity index (χ4n) is 1.63. The maximum atomic E-state index is 13.0. The largest absolute Gasteiger partial charge is 0.504 e. The smallest absolute Gasteiger partial charge is 0.200 e. The first-order valence-electron chi connectivity index (χ1n) is 5.33. The number of benzene rings is 2. The van der Waals surface area contributed by atoms with Gasteiger partial charge in [0.15, 0.2) is 40.3 Å². The molecule has 7 heteroatoms. The molecule has 0 bridgehead atoms. The number of halogens is 1. The zero-order valence-electron chi connectivity index (χ0n) is 9.83. The van der Waals surface area contributed by atoms with Gasteiger partial charge in [0.2, 0.25) is 0 Å². The highest BCUT2D eigenvalue weighted by Crippen LogP contribution is 2.38. The number of phenols is 5. The minimum absolute atomic E-state index is 0.265. The molecule has 0 heterocycles. The molecule has 2 aromatic carbocycles. The Morgan fingerprint density at radius 2 is 1.40 bits per heavy atom. The van der Waals surface area contributed by atoms with Gasteiger partial charge >= 0.3 is 0 Å². The summed E-state index contributed by atoms with van der Waals surface area (Å²) in [5, 5.41) is 46.5. The van der Waals surface area contributed by atoms with Crippen molar-refractivity contribution in [2.24, 2.45) is 0 Å². The van der Waals surface area contributed by atoms with Gasteiger partial charge in [0.25, 0.3) is 0 Å². The van der Waals surface area contributed by atoms with Gasteiger partial charge in [-0.05, 0) is 24.3 Å². The molecular formula is C13H9FO6. The van der Waals surface area contributed by atoms with E-state index in [0.717, 1.165) is 24.3 Å². The Morgan fingerprint density at radius 3 is 1.95 bits per heavy atom. The molecule has 0 unspecified atom stereocenters. The van der Waals surface area contributed by atoms with Crippen molar-refractivity contribution in [2.45, 2.75) is 0 Å². The average Bonchev–Trinajstić information content (AvgIpc) is 2.41. The molecule has 0 aliphatic rings. The van der Waals surface area contributed by atoms with E-state index in [4.69, 9.17) is 5.11 Å². The normalized spacial score (nSPS) is 10.4. The van der Waals surface area contributed by atoms with Crippen LogP contribution in [0.3, 0.4) is 0 Å². The third-order valence-corrected chi connectivity index (χ3v) is 2.68. The van der Waals surface area contributed by atoms with Gasteiger partial charge in [-0.25, -0.2) is 4.39 Å². The molecule has 0 saturated carbocycles. The molecule has 0 spiro atoms. The lowest BCUT2D eigenvalue weighted by Crippen LogP contribution is -2.02. The summed E-state index contributed by atoms with van der Waals surface area (Å²) in [4.78, 5) is 12.0. The summed E-state index contributed by atoms with van der Waals surface area (Å²) in [6.45, 7) is 0.